The van der Waals surface area contributed by atoms with E-state index in [1.807, 2.05) is 75.4 Å². The van der Waals surface area contributed by atoms with Crippen LogP contribution in [0.4, 0.5) is 5.69 Å². The molecule has 0 aliphatic rings. The molecular weight excluding hydrogens is 380 g/mol. The summed E-state index contributed by atoms with van der Waals surface area (Å²) in [5, 5.41) is 0.865. The zero-order valence-corrected chi connectivity index (χ0v) is 17.7. The van der Waals surface area contributed by atoms with Gasteiger partial charge in [-0.3, -0.25) is 4.79 Å². The quantitative estimate of drug-likeness (QED) is 0.548. The second-order valence-corrected chi connectivity index (χ2v) is 7.28. The normalized spacial score (nSPS) is 11.0. The lowest BCUT2D eigenvalue weighted by Crippen LogP contribution is -2.40. The minimum atomic E-state index is -0.581. The van der Waals surface area contributed by atoms with Gasteiger partial charge in [-0.25, -0.2) is 9.78 Å². The van der Waals surface area contributed by atoms with Gasteiger partial charge in [0, 0.05) is 24.2 Å². The van der Waals surface area contributed by atoms with Crippen LogP contribution in [0.2, 0.25) is 0 Å². The summed E-state index contributed by atoms with van der Waals surface area (Å²) in [6.07, 6.45) is 0. The number of anilines is 1. The van der Waals surface area contributed by atoms with Gasteiger partial charge in [-0.15, -0.1) is 0 Å². The molecule has 156 valence electrons. The third kappa shape index (κ3) is 4.49. The highest BCUT2D eigenvalue weighted by molar-refractivity contribution is 6.00. The third-order valence-electron chi connectivity index (χ3n) is 4.86. The summed E-state index contributed by atoms with van der Waals surface area (Å²) in [6, 6.07) is 16.8. The predicted molar refractivity (Wildman–Crippen MR) is 117 cm³/mol. The van der Waals surface area contributed by atoms with E-state index in [-0.39, 0.29) is 25.2 Å². The van der Waals surface area contributed by atoms with Gasteiger partial charge in [0.2, 0.25) is 0 Å². The van der Waals surface area contributed by atoms with Crippen molar-refractivity contribution in [1.29, 1.82) is 0 Å². The fourth-order valence-electron chi connectivity index (χ4n) is 3.54. The van der Waals surface area contributed by atoms with Gasteiger partial charge < -0.3 is 14.4 Å². The minimum Gasteiger partial charge on any atom is -0.452 e. The molecule has 0 aliphatic heterocycles. The van der Waals surface area contributed by atoms with Crippen LogP contribution in [0.5, 0.6) is 0 Å². The van der Waals surface area contributed by atoms with E-state index in [2.05, 4.69) is 4.98 Å². The fourth-order valence-corrected chi connectivity index (χ4v) is 3.54. The summed E-state index contributed by atoms with van der Waals surface area (Å²) in [4.78, 5) is 32.0. The first-order chi connectivity index (χ1) is 14.4. The Labute approximate surface area is 176 Å². The Morgan fingerprint density at radius 1 is 1.03 bits per heavy atom. The van der Waals surface area contributed by atoms with Gasteiger partial charge >= 0.3 is 5.97 Å². The zero-order chi connectivity index (χ0) is 21.7. The molecule has 0 spiro atoms. The molecule has 0 aliphatic carbocycles. The maximum atomic E-state index is 12.9. The van der Waals surface area contributed by atoms with Crippen molar-refractivity contribution in [2.75, 3.05) is 18.6 Å². The van der Waals surface area contributed by atoms with Crippen LogP contribution in [0.15, 0.2) is 54.6 Å². The average molecular weight is 406 g/mol. The molecule has 0 radical (unpaired) electrons. The van der Waals surface area contributed by atoms with Gasteiger partial charge in [-0.2, -0.15) is 0 Å². The van der Waals surface area contributed by atoms with E-state index in [0.717, 1.165) is 22.2 Å². The van der Waals surface area contributed by atoms with Crippen LogP contribution in [0.3, 0.4) is 0 Å². The number of para-hydroxylation sites is 2. The number of amides is 1. The SMILES string of the molecule is COCc1nc2ccccc2c(C)c1C(=O)OCC(=O)N(c1ccccc1)C(C)C. The van der Waals surface area contributed by atoms with Gasteiger partial charge in [0.05, 0.1) is 23.4 Å². The lowest BCUT2D eigenvalue weighted by Gasteiger charge is -2.26. The molecule has 2 aromatic carbocycles. The molecule has 6 nitrogen and oxygen atoms in total. The van der Waals surface area contributed by atoms with Crippen molar-refractivity contribution in [1.82, 2.24) is 4.98 Å². The lowest BCUT2D eigenvalue weighted by atomic mass is 10.0. The van der Waals surface area contributed by atoms with E-state index < -0.39 is 5.97 Å². The maximum Gasteiger partial charge on any atom is 0.340 e. The van der Waals surface area contributed by atoms with Crippen LogP contribution < -0.4 is 4.90 Å². The van der Waals surface area contributed by atoms with Crippen molar-refractivity contribution in [2.24, 2.45) is 0 Å². The first-order valence-electron chi connectivity index (χ1n) is 9.85. The van der Waals surface area contributed by atoms with Crippen molar-refractivity contribution in [3.05, 3.63) is 71.4 Å². The summed E-state index contributed by atoms with van der Waals surface area (Å²) in [7, 11) is 1.55. The van der Waals surface area contributed by atoms with Gasteiger partial charge in [0.25, 0.3) is 5.91 Å². The number of benzene rings is 2. The molecule has 0 N–H and O–H groups in total. The summed E-state index contributed by atoms with van der Waals surface area (Å²) in [6.45, 7) is 5.50. The van der Waals surface area contributed by atoms with Crippen LogP contribution in [0.25, 0.3) is 10.9 Å². The fraction of sp³-hybridized carbons (Fsp3) is 0.292. The van der Waals surface area contributed by atoms with Crippen molar-refractivity contribution >= 4 is 28.5 Å². The Kier molecular flexibility index (Phi) is 6.79. The monoisotopic (exact) mass is 406 g/mol. The molecule has 6 heteroatoms. The summed E-state index contributed by atoms with van der Waals surface area (Å²) in [5.74, 6) is -0.868. The molecule has 0 saturated heterocycles. The Hall–Kier alpha value is -3.25. The third-order valence-corrected chi connectivity index (χ3v) is 4.86. The van der Waals surface area contributed by atoms with E-state index in [1.165, 1.54) is 0 Å². The second kappa shape index (κ2) is 9.50. The average Bonchev–Trinajstić information content (AvgIpc) is 2.73. The van der Waals surface area contributed by atoms with Crippen molar-refractivity contribution < 1.29 is 19.1 Å². The molecule has 0 unspecified atom stereocenters. The number of nitrogens with zero attached hydrogens (tertiary/aromatic N) is 2. The summed E-state index contributed by atoms with van der Waals surface area (Å²) >= 11 is 0. The molecule has 3 rings (SSSR count). The van der Waals surface area contributed by atoms with Crippen molar-refractivity contribution in [3.8, 4) is 0 Å². The van der Waals surface area contributed by atoms with E-state index in [1.54, 1.807) is 12.0 Å². The van der Waals surface area contributed by atoms with E-state index in [0.29, 0.717) is 11.3 Å². The second-order valence-electron chi connectivity index (χ2n) is 7.28. The number of esters is 1. The van der Waals surface area contributed by atoms with Crippen LogP contribution in [0.1, 0.15) is 35.5 Å². The number of aryl methyl sites for hydroxylation is 1. The first kappa shape index (κ1) is 21.5. The number of aromatic nitrogens is 1. The molecule has 3 aromatic rings. The van der Waals surface area contributed by atoms with Crippen molar-refractivity contribution in [2.45, 2.75) is 33.4 Å². The predicted octanol–water partition coefficient (Wildman–Crippen LogP) is 4.29. The lowest BCUT2D eigenvalue weighted by molar-refractivity contribution is -0.122. The molecule has 1 heterocycles. The Morgan fingerprint density at radius 3 is 2.37 bits per heavy atom. The summed E-state index contributed by atoms with van der Waals surface area (Å²) in [5.41, 5.74) is 3.14. The molecule has 1 aromatic heterocycles. The van der Waals surface area contributed by atoms with Gasteiger partial charge in [0.15, 0.2) is 6.61 Å². The number of carbonyl (C=O) groups is 2. The maximum absolute atomic E-state index is 12.9. The highest BCUT2D eigenvalue weighted by atomic mass is 16.5. The topological polar surface area (TPSA) is 68.7 Å². The number of hydrogen-bond acceptors (Lipinski definition) is 5. The number of pyridine rings is 1. The Bertz CT molecular complexity index is 1050. The summed E-state index contributed by atoms with van der Waals surface area (Å²) < 4.78 is 10.7. The Morgan fingerprint density at radius 2 is 1.70 bits per heavy atom. The largest absolute Gasteiger partial charge is 0.452 e. The number of carbonyl (C=O) groups excluding carboxylic acids is 2. The van der Waals surface area contributed by atoms with E-state index in [9.17, 15) is 9.59 Å². The molecular formula is C24H26N2O4. The highest BCUT2D eigenvalue weighted by Gasteiger charge is 2.24. The smallest absolute Gasteiger partial charge is 0.340 e. The number of fused-ring (bicyclic) bond motifs is 1. The van der Waals surface area contributed by atoms with E-state index >= 15 is 0 Å². The van der Waals surface area contributed by atoms with Crippen LogP contribution in [0, 0.1) is 6.92 Å². The van der Waals surface area contributed by atoms with Crippen LogP contribution >= 0.6 is 0 Å². The zero-order valence-electron chi connectivity index (χ0n) is 17.7. The molecule has 0 saturated carbocycles. The Balaban J connectivity index is 1.85. The standard InChI is InChI=1S/C24H26N2O4/c1-16(2)26(18-10-6-5-7-11-18)22(27)15-30-24(28)23-17(3)19-12-8-9-13-20(19)25-21(23)14-29-4/h5-13,16H,14-15H2,1-4H3. The minimum absolute atomic E-state index is 0.0771. The number of rotatable bonds is 7. The molecule has 0 fully saturated rings. The van der Waals surface area contributed by atoms with Gasteiger partial charge in [-0.05, 0) is 44.5 Å². The van der Waals surface area contributed by atoms with Crippen LogP contribution in [-0.2, 0) is 20.9 Å². The number of hydrogen-bond donors (Lipinski definition) is 0. The van der Waals surface area contributed by atoms with E-state index in [4.69, 9.17) is 9.47 Å². The molecule has 30 heavy (non-hydrogen) atoms. The van der Waals surface area contributed by atoms with Gasteiger partial charge in [-0.1, -0.05) is 36.4 Å². The molecule has 1 amide bonds. The number of ether oxygens (including phenoxy) is 2. The van der Waals surface area contributed by atoms with Gasteiger partial charge in [0.1, 0.15) is 0 Å². The molecule has 0 bridgehead atoms. The van der Waals surface area contributed by atoms with Crippen molar-refractivity contribution in [3.63, 3.8) is 0 Å². The molecule has 0 atom stereocenters. The van der Waals surface area contributed by atoms with Crippen LogP contribution in [-0.4, -0.2) is 36.6 Å². The first-order valence-corrected chi connectivity index (χ1v) is 9.85. The number of methoxy groups -OCH3 is 1. The highest BCUT2D eigenvalue weighted by Crippen LogP contribution is 2.24.